The topological polar surface area (TPSA) is 9.23 Å². The van der Waals surface area contributed by atoms with Crippen molar-refractivity contribution in [3.05, 3.63) is 12.2 Å². The van der Waals surface area contributed by atoms with Crippen LogP contribution in [0.2, 0.25) is 0 Å². The average Bonchev–Trinajstić information content (AvgIpc) is 2.04. The summed E-state index contributed by atoms with van der Waals surface area (Å²) in [5.74, 6) is 0. The smallest absolute Gasteiger partial charge is 0.0807 e. The molecule has 0 spiro atoms. The molecular weight excluding hydrogens is 217 g/mol. The fourth-order valence-corrected chi connectivity index (χ4v) is 2.58. The molecule has 0 rings (SSSR count). The van der Waals surface area contributed by atoms with Crippen LogP contribution in [-0.4, -0.2) is 6.10 Å². The third-order valence-electron chi connectivity index (χ3n) is 1.76. The van der Waals surface area contributed by atoms with Gasteiger partial charge in [-0.05, 0) is 13.3 Å². The number of rotatable bonds is 7. The van der Waals surface area contributed by atoms with Gasteiger partial charge in [-0.25, -0.2) is 0 Å². The SMILES string of the molecule is C/C=C/[C@H](CCCCC)OP(P)P. The van der Waals surface area contributed by atoms with Gasteiger partial charge in [-0.15, -0.1) is 0 Å². The van der Waals surface area contributed by atoms with E-state index >= 15 is 0 Å². The molecule has 0 heterocycles. The van der Waals surface area contributed by atoms with E-state index in [4.69, 9.17) is 4.52 Å². The van der Waals surface area contributed by atoms with Crippen LogP contribution in [0.15, 0.2) is 12.2 Å². The monoisotopic (exact) mass is 238 g/mol. The molecule has 3 atom stereocenters. The Kier molecular flexibility index (Phi) is 10.3. The maximum atomic E-state index is 5.74. The van der Waals surface area contributed by atoms with Crippen LogP contribution in [-0.2, 0) is 4.52 Å². The van der Waals surface area contributed by atoms with Gasteiger partial charge < -0.3 is 4.52 Å². The largest absolute Gasteiger partial charge is 0.344 e. The number of unbranched alkanes of at least 4 members (excludes halogenated alkanes) is 2. The molecule has 0 aromatic heterocycles. The first-order valence-corrected chi connectivity index (χ1v) is 9.29. The van der Waals surface area contributed by atoms with Crippen molar-refractivity contribution in [2.24, 2.45) is 0 Å². The first-order chi connectivity index (χ1) is 6.20. The molecule has 2 unspecified atom stereocenters. The zero-order valence-corrected chi connectivity index (χ0v) is 11.8. The third kappa shape index (κ3) is 9.30. The second-order valence-electron chi connectivity index (χ2n) is 3.03. The third-order valence-corrected chi connectivity index (χ3v) is 3.00. The highest BCUT2D eigenvalue weighted by atomic mass is 32.4. The van der Waals surface area contributed by atoms with Crippen molar-refractivity contribution in [1.29, 1.82) is 0 Å². The first kappa shape index (κ1) is 14.0. The lowest BCUT2D eigenvalue weighted by molar-refractivity contribution is 0.270. The molecule has 0 aromatic carbocycles. The molecule has 13 heavy (non-hydrogen) atoms. The molecule has 0 saturated carbocycles. The standard InChI is InChI=1S/C9H21OP3/c1-3-5-6-8-9(7-4-2)10-13(11)12/h4,7,9H,3,5-6,8,11-12H2,1-2H3/b7-4+/t9-/m1/s1. The maximum Gasteiger partial charge on any atom is 0.0807 e. The predicted octanol–water partition coefficient (Wildman–Crippen LogP) is 4.51. The van der Waals surface area contributed by atoms with Gasteiger partial charge in [0, 0.05) is 0 Å². The molecule has 0 fully saturated rings. The minimum absolute atomic E-state index is 0.317. The van der Waals surface area contributed by atoms with Gasteiger partial charge in [0.05, 0.1) is 13.6 Å². The van der Waals surface area contributed by atoms with Gasteiger partial charge in [0.1, 0.15) is 0 Å². The van der Waals surface area contributed by atoms with Gasteiger partial charge in [-0.3, -0.25) is 0 Å². The number of allylic oxidation sites excluding steroid dienone is 1. The van der Waals surface area contributed by atoms with Gasteiger partial charge >= 0.3 is 0 Å². The van der Waals surface area contributed by atoms with Crippen molar-refractivity contribution in [2.45, 2.75) is 45.6 Å². The Morgan fingerprint density at radius 2 is 2.08 bits per heavy atom. The quantitative estimate of drug-likeness (QED) is 0.360. The molecule has 0 radical (unpaired) electrons. The predicted molar refractivity (Wildman–Crippen MR) is 70.2 cm³/mol. The van der Waals surface area contributed by atoms with Crippen LogP contribution in [0.5, 0.6) is 0 Å². The van der Waals surface area contributed by atoms with Crippen molar-refractivity contribution in [3.8, 4) is 0 Å². The van der Waals surface area contributed by atoms with Crippen LogP contribution in [0.4, 0.5) is 0 Å². The van der Waals surface area contributed by atoms with Crippen LogP contribution < -0.4 is 0 Å². The summed E-state index contributed by atoms with van der Waals surface area (Å²) in [6.07, 6.45) is 9.55. The molecular formula is C9H21OP3. The van der Waals surface area contributed by atoms with E-state index in [9.17, 15) is 0 Å². The molecule has 78 valence electrons. The van der Waals surface area contributed by atoms with Gasteiger partial charge in [-0.2, -0.15) is 0 Å². The molecule has 0 aliphatic rings. The lowest BCUT2D eigenvalue weighted by Crippen LogP contribution is -2.04. The van der Waals surface area contributed by atoms with Crippen molar-refractivity contribution < 1.29 is 4.52 Å². The number of hydrogen-bond acceptors (Lipinski definition) is 1. The van der Waals surface area contributed by atoms with Crippen LogP contribution in [0.3, 0.4) is 0 Å². The highest BCUT2D eigenvalue weighted by Crippen LogP contribution is 2.55. The minimum atomic E-state index is -0.390. The zero-order chi connectivity index (χ0) is 10.1. The second kappa shape index (κ2) is 9.54. The van der Waals surface area contributed by atoms with Crippen LogP contribution in [0, 0.1) is 0 Å². The Morgan fingerprint density at radius 1 is 1.38 bits per heavy atom. The summed E-state index contributed by atoms with van der Waals surface area (Å²) in [6.45, 7) is 4.27. The lowest BCUT2D eigenvalue weighted by Gasteiger charge is -2.16. The van der Waals surface area contributed by atoms with E-state index in [1.54, 1.807) is 0 Å². The Hall–Kier alpha value is 0.990. The summed E-state index contributed by atoms with van der Waals surface area (Å²) in [5, 5.41) is 0. The van der Waals surface area contributed by atoms with E-state index in [0.29, 0.717) is 6.10 Å². The van der Waals surface area contributed by atoms with Crippen molar-refractivity contribution in [2.75, 3.05) is 0 Å². The van der Waals surface area contributed by atoms with E-state index in [2.05, 4.69) is 36.9 Å². The Morgan fingerprint density at radius 3 is 2.54 bits per heavy atom. The number of hydrogen-bond donors (Lipinski definition) is 0. The molecule has 0 saturated heterocycles. The molecule has 1 nitrogen and oxygen atoms in total. The van der Waals surface area contributed by atoms with E-state index in [1.165, 1.54) is 19.3 Å². The van der Waals surface area contributed by atoms with E-state index < -0.39 is 7.53 Å². The van der Waals surface area contributed by atoms with Crippen molar-refractivity contribution in [1.82, 2.24) is 0 Å². The summed E-state index contributed by atoms with van der Waals surface area (Å²) >= 11 is 0. The van der Waals surface area contributed by atoms with Gasteiger partial charge in [0.15, 0.2) is 0 Å². The maximum absolute atomic E-state index is 5.74. The van der Waals surface area contributed by atoms with Gasteiger partial charge in [0.25, 0.3) is 0 Å². The molecule has 0 aliphatic carbocycles. The molecule has 0 aliphatic heterocycles. The van der Waals surface area contributed by atoms with E-state index in [-0.39, 0.29) is 0 Å². The minimum Gasteiger partial charge on any atom is -0.344 e. The van der Waals surface area contributed by atoms with E-state index in [0.717, 1.165) is 6.42 Å². The summed E-state index contributed by atoms with van der Waals surface area (Å²) in [7, 11) is 5.01. The zero-order valence-electron chi connectivity index (χ0n) is 8.57. The normalized spacial score (nSPS) is 14.2. The first-order valence-electron chi connectivity index (χ1n) is 4.79. The fourth-order valence-electron chi connectivity index (χ4n) is 1.15. The van der Waals surface area contributed by atoms with Gasteiger partial charge in [-0.1, -0.05) is 56.2 Å². The molecule has 0 aromatic rings. The summed E-state index contributed by atoms with van der Waals surface area (Å²) in [5.41, 5.74) is 0. The van der Waals surface area contributed by atoms with E-state index in [1.807, 2.05) is 6.92 Å². The van der Waals surface area contributed by atoms with Crippen LogP contribution in [0.25, 0.3) is 0 Å². The van der Waals surface area contributed by atoms with Crippen LogP contribution in [0.1, 0.15) is 39.5 Å². The summed E-state index contributed by atoms with van der Waals surface area (Å²) in [4.78, 5) is 0. The Labute approximate surface area is 88.1 Å². The van der Waals surface area contributed by atoms with Crippen LogP contribution >= 0.6 is 25.4 Å². The highest BCUT2D eigenvalue weighted by molar-refractivity contribution is 8.41. The second-order valence-corrected chi connectivity index (χ2v) is 8.80. The molecule has 0 bridgehead atoms. The fraction of sp³-hybridized carbons (Fsp3) is 0.778. The van der Waals surface area contributed by atoms with Crippen molar-refractivity contribution >= 4 is 25.4 Å². The lowest BCUT2D eigenvalue weighted by atomic mass is 10.1. The Bertz CT molecular complexity index is 137. The summed E-state index contributed by atoms with van der Waals surface area (Å²) in [6, 6.07) is 0. The van der Waals surface area contributed by atoms with Gasteiger partial charge in [0.2, 0.25) is 0 Å². The molecule has 4 heteroatoms. The molecule has 0 N–H and O–H groups in total. The summed E-state index contributed by atoms with van der Waals surface area (Å²) < 4.78 is 5.74. The Balaban J connectivity index is 3.67. The average molecular weight is 238 g/mol. The molecule has 0 amide bonds. The highest BCUT2D eigenvalue weighted by Gasteiger charge is 2.06. The van der Waals surface area contributed by atoms with Crippen molar-refractivity contribution in [3.63, 3.8) is 0 Å².